The summed E-state index contributed by atoms with van der Waals surface area (Å²) in [7, 11) is 0. The second-order valence-corrected chi connectivity index (χ2v) is 4.32. The van der Waals surface area contributed by atoms with Gasteiger partial charge in [-0.1, -0.05) is 20.4 Å². The fourth-order valence-electron chi connectivity index (χ4n) is 0.876. The van der Waals surface area contributed by atoms with Gasteiger partial charge in [0.05, 0.1) is 5.92 Å². The minimum atomic E-state index is -0.980. The van der Waals surface area contributed by atoms with Crippen LogP contribution in [0.5, 0.6) is 0 Å². The lowest BCUT2D eigenvalue weighted by molar-refractivity contribution is -0.169. The lowest BCUT2D eigenvalue weighted by Gasteiger charge is -2.14. The Hall–Kier alpha value is -1.85. The Kier molecular flexibility index (Phi) is 7.48. The number of rotatable bonds is 7. The average Bonchev–Trinajstić information content (AvgIpc) is 2.33. The lowest BCUT2D eigenvalue weighted by atomic mass is 10.2. The van der Waals surface area contributed by atoms with Gasteiger partial charge in [0.15, 0.2) is 6.10 Å². The van der Waals surface area contributed by atoms with Crippen molar-refractivity contribution >= 4 is 17.9 Å². The van der Waals surface area contributed by atoms with Gasteiger partial charge in [-0.25, -0.2) is 9.59 Å². The van der Waals surface area contributed by atoms with E-state index in [4.69, 9.17) is 14.2 Å². The van der Waals surface area contributed by atoms with E-state index >= 15 is 0 Å². The Bertz CT molecular complexity index is 358. The normalized spacial score (nSPS) is 11.6. The van der Waals surface area contributed by atoms with Crippen LogP contribution >= 0.6 is 0 Å². The van der Waals surface area contributed by atoms with Crippen LogP contribution in [0, 0.1) is 5.92 Å². The van der Waals surface area contributed by atoms with Crippen LogP contribution in [-0.4, -0.2) is 37.2 Å². The molecule has 1 unspecified atom stereocenters. The largest absolute Gasteiger partial charge is 0.459 e. The molecule has 6 heteroatoms. The van der Waals surface area contributed by atoms with Crippen LogP contribution in [0.3, 0.4) is 0 Å². The van der Waals surface area contributed by atoms with E-state index in [2.05, 4.69) is 6.58 Å². The number of ether oxygens (including phenoxy) is 3. The Labute approximate surface area is 112 Å². The Morgan fingerprint density at radius 2 is 1.53 bits per heavy atom. The summed E-state index contributed by atoms with van der Waals surface area (Å²) in [6.45, 7) is 9.51. The number of esters is 3. The summed E-state index contributed by atoms with van der Waals surface area (Å²) in [4.78, 5) is 33.7. The zero-order valence-corrected chi connectivity index (χ0v) is 11.7. The molecule has 0 fully saturated rings. The van der Waals surface area contributed by atoms with Crippen LogP contribution in [-0.2, 0) is 28.6 Å². The van der Waals surface area contributed by atoms with Gasteiger partial charge < -0.3 is 14.2 Å². The number of carbonyl (C=O) groups excluding carboxylic acids is 3. The van der Waals surface area contributed by atoms with Crippen LogP contribution in [0.15, 0.2) is 12.2 Å². The molecule has 0 heterocycles. The molecule has 0 N–H and O–H groups in total. The number of hydrogen-bond donors (Lipinski definition) is 0. The van der Waals surface area contributed by atoms with Crippen LogP contribution in [0.25, 0.3) is 0 Å². The van der Waals surface area contributed by atoms with Crippen molar-refractivity contribution in [3.8, 4) is 0 Å². The summed E-state index contributed by atoms with van der Waals surface area (Å²) < 4.78 is 14.4. The summed E-state index contributed by atoms with van der Waals surface area (Å²) >= 11 is 0. The summed E-state index contributed by atoms with van der Waals surface area (Å²) in [5.74, 6) is -2.01. The lowest BCUT2D eigenvalue weighted by Crippen LogP contribution is -2.29. The maximum absolute atomic E-state index is 11.4. The van der Waals surface area contributed by atoms with Crippen molar-refractivity contribution in [2.75, 3.05) is 13.2 Å². The minimum Gasteiger partial charge on any atom is -0.459 e. The van der Waals surface area contributed by atoms with Crippen molar-refractivity contribution in [3.05, 3.63) is 12.2 Å². The molecule has 0 aliphatic heterocycles. The highest BCUT2D eigenvalue weighted by molar-refractivity contribution is 5.86. The third kappa shape index (κ3) is 7.23. The molecule has 0 rings (SSSR count). The summed E-state index contributed by atoms with van der Waals surface area (Å²) in [6.07, 6.45) is -0.980. The SMILES string of the molecule is C=C(C)C(=O)OCCOC(=O)C(C)OC(=O)C(C)C. The van der Waals surface area contributed by atoms with Crippen LogP contribution in [0.2, 0.25) is 0 Å². The molecule has 0 radical (unpaired) electrons. The van der Waals surface area contributed by atoms with E-state index in [1.54, 1.807) is 13.8 Å². The maximum atomic E-state index is 11.4. The van der Waals surface area contributed by atoms with Crippen LogP contribution < -0.4 is 0 Å². The van der Waals surface area contributed by atoms with E-state index in [0.29, 0.717) is 0 Å². The van der Waals surface area contributed by atoms with E-state index < -0.39 is 24.0 Å². The van der Waals surface area contributed by atoms with Crippen molar-refractivity contribution in [3.63, 3.8) is 0 Å². The van der Waals surface area contributed by atoms with Gasteiger partial charge in [-0.15, -0.1) is 0 Å². The molecule has 0 aromatic carbocycles. The molecule has 0 aliphatic rings. The number of hydrogen-bond acceptors (Lipinski definition) is 6. The first-order valence-corrected chi connectivity index (χ1v) is 5.95. The molecule has 0 bridgehead atoms. The summed E-state index contributed by atoms with van der Waals surface area (Å²) in [5, 5.41) is 0. The van der Waals surface area contributed by atoms with E-state index in [0.717, 1.165) is 0 Å². The van der Waals surface area contributed by atoms with E-state index in [9.17, 15) is 14.4 Å². The van der Waals surface area contributed by atoms with Crippen LogP contribution in [0.4, 0.5) is 0 Å². The van der Waals surface area contributed by atoms with Gasteiger partial charge in [0.1, 0.15) is 13.2 Å². The minimum absolute atomic E-state index is 0.0672. The first kappa shape index (κ1) is 17.2. The highest BCUT2D eigenvalue weighted by atomic mass is 16.6. The highest BCUT2D eigenvalue weighted by Crippen LogP contribution is 2.02. The third-order valence-electron chi connectivity index (χ3n) is 2.01. The first-order chi connectivity index (χ1) is 8.75. The molecular formula is C13H20O6. The standard InChI is InChI=1S/C13H20O6/c1-8(2)11(14)17-6-7-18-13(16)10(5)19-12(15)9(3)4/h9-10H,1,6-7H2,2-5H3. The molecule has 108 valence electrons. The van der Waals surface area contributed by atoms with Gasteiger partial charge in [-0.2, -0.15) is 0 Å². The second kappa shape index (κ2) is 8.29. The van der Waals surface area contributed by atoms with Crippen molar-refractivity contribution in [1.82, 2.24) is 0 Å². The van der Waals surface area contributed by atoms with Crippen molar-refractivity contribution in [2.45, 2.75) is 33.8 Å². The second-order valence-electron chi connectivity index (χ2n) is 4.32. The fraction of sp³-hybridized carbons (Fsp3) is 0.615. The van der Waals surface area contributed by atoms with Gasteiger partial charge in [0.25, 0.3) is 0 Å². The molecule has 0 aliphatic carbocycles. The predicted octanol–water partition coefficient (Wildman–Crippen LogP) is 1.24. The molecule has 0 amide bonds. The highest BCUT2D eigenvalue weighted by Gasteiger charge is 2.20. The smallest absolute Gasteiger partial charge is 0.347 e. The van der Waals surface area contributed by atoms with Crippen molar-refractivity contribution in [1.29, 1.82) is 0 Å². The molecule has 0 spiro atoms. The van der Waals surface area contributed by atoms with E-state index in [1.807, 2.05) is 0 Å². The van der Waals surface area contributed by atoms with Gasteiger partial charge >= 0.3 is 17.9 Å². The molecule has 0 aromatic rings. The zero-order chi connectivity index (χ0) is 15.0. The van der Waals surface area contributed by atoms with Gasteiger partial charge in [0, 0.05) is 5.57 Å². The zero-order valence-electron chi connectivity index (χ0n) is 11.7. The molecule has 0 saturated heterocycles. The predicted molar refractivity (Wildman–Crippen MR) is 67.1 cm³/mol. The van der Waals surface area contributed by atoms with Gasteiger partial charge in [0.2, 0.25) is 0 Å². The Balaban J connectivity index is 3.89. The Morgan fingerprint density at radius 3 is 2.00 bits per heavy atom. The van der Waals surface area contributed by atoms with Crippen molar-refractivity contribution in [2.24, 2.45) is 5.92 Å². The number of carbonyl (C=O) groups is 3. The molecule has 0 saturated carbocycles. The quantitative estimate of drug-likeness (QED) is 0.300. The monoisotopic (exact) mass is 272 g/mol. The molecule has 19 heavy (non-hydrogen) atoms. The average molecular weight is 272 g/mol. The fourth-order valence-corrected chi connectivity index (χ4v) is 0.876. The van der Waals surface area contributed by atoms with E-state index in [-0.39, 0.29) is 24.7 Å². The summed E-state index contributed by atoms with van der Waals surface area (Å²) in [5.41, 5.74) is 0.269. The van der Waals surface area contributed by atoms with Gasteiger partial charge in [-0.05, 0) is 13.8 Å². The first-order valence-electron chi connectivity index (χ1n) is 5.95. The molecular weight excluding hydrogens is 252 g/mol. The van der Waals surface area contributed by atoms with Gasteiger partial charge in [-0.3, -0.25) is 4.79 Å². The maximum Gasteiger partial charge on any atom is 0.347 e. The summed E-state index contributed by atoms with van der Waals surface area (Å²) in [6, 6.07) is 0. The molecule has 1 atom stereocenters. The topological polar surface area (TPSA) is 78.9 Å². The molecule has 6 nitrogen and oxygen atoms in total. The third-order valence-corrected chi connectivity index (χ3v) is 2.01. The molecule has 0 aromatic heterocycles. The van der Waals surface area contributed by atoms with E-state index in [1.165, 1.54) is 13.8 Å². The Morgan fingerprint density at radius 1 is 1.00 bits per heavy atom. The van der Waals surface area contributed by atoms with Crippen LogP contribution in [0.1, 0.15) is 27.7 Å². The van der Waals surface area contributed by atoms with Crippen molar-refractivity contribution < 1.29 is 28.6 Å².